The Hall–Kier alpha value is -2.23. The minimum Gasteiger partial charge on any atom is -0.466 e. The molecular weight excluding hydrogens is 263 g/mol. The van der Waals surface area contributed by atoms with Gasteiger partial charge in [0.25, 0.3) is 0 Å². The van der Waals surface area contributed by atoms with Crippen molar-refractivity contribution in [3.05, 3.63) is 29.1 Å². The zero-order chi connectivity index (χ0) is 14.4. The molecule has 0 radical (unpaired) electrons. The van der Waals surface area contributed by atoms with Crippen molar-refractivity contribution < 1.29 is 27.4 Å². The van der Waals surface area contributed by atoms with E-state index in [0.717, 1.165) is 12.1 Å². The third kappa shape index (κ3) is 4.17. The van der Waals surface area contributed by atoms with E-state index in [1.165, 1.54) is 6.07 Å². The molecule has 0 saturated heterocycles. The predicted octanol–water partition coefficient (Wildman–Crippen LogP) is 2.40. The smallest absolute Gasteiger partial charge is 0.387 e. The van der Waals surface area contributed by atoms with Crippen LogP contribution in [0.2, 0.25) is 0 Å². The summed E-state index contributed by atoms with van der Waals surface area (Å²) in [5.41, 5.74) is -0.543. The number of carbonyl (C=O) groups is 1. The highest BCUT2D eigenvalue weighted by Gasteiger charge is 2.17. The van der Waals surface area contributed by atoms with Gasteiger partial charge in [-0.3, -0.25) is 4.79 Å². The fourth-order valence-electron chi connectivity index (χ4n) is 1.39. The molecule has 7 heteroatoms. The lowest BCUT2D eigenvalue weighted by molar-refractivity contribution is -0.142. The zero-order valence-electron chi connectivity index (χ0n) is 9.95. The SMILES string of the molecule is CCOC(=O)Cc1cc(F)c(C#N)cc1OC(F)F. The van der Waals surface area contributed by atoms with Crippen molar-refractivity contribution in [1.29, 1.82) is 5.26 Å². The Bertz CT molecular complexity index is 512. The minimum atomic E-state index is -3.14. The van der Waals surface area contributed by atoms with Crippen LogP contribution in [0.5, 0.6) is 5.75 Å². The van der Waals surface area contributed by atoms with E-state index in [1.54, 1.807) is 6.92 Å². The molecule has 0 unspecified atom stereocenters. The summed E-state index contributed by atoms with van der Waals surface area (Å²) in [6, 6.07) is 3.14. The highest BCUT2D eigenvalue weighted by Crippen LogP contribution is 2.25. The molecule has 102 valence electrons. The molecule has 4 nitrogen and oxygen atoms in total. The molecule has 0 atom stereocenters. The summed E-state index contributed by atoms with van der Waals surface area (Å²) in [6.45, 7) is -1.45. The highest BCUT2D eigenvalue weighted by molar-refractivity contribution is 5.73. The van der Waals surface area contributed by atoms with Gasteiger partial charge in [0.05, 0.1) is 18.6 Å². The average molecular weight is 273 g/mol. The van der Waals surface area contributed by atoms with Crippen LogP contribution in [-0.4, -0.2) is 19.2 Å². The van der Waals surface area contributed by atoms with E-state index in [4.69, 9.17) is 5.26 Å². The maximum atomic E-state index is 13.4. The third-order valence-corrected chi connectivity index (χ3v) is 2.13. The Morgan fingerprint density at radius 2 is 2.16 bits per heavy atom. The Morgan fingerprint density at radius 3 is 2.68 bits per heavy atom. The first-order valence-electron chi connectivity index (χ1n) is 5.30. The Labute approximate surface area is 107 Å². The topological polar surface area (TPSA) is 59.3 Å². The van der Waals surface area contributed by atoms with E-state index in [9.17, 15) is 18.0 Å². The number of halogens is 3. The van der Waals surface area contributed by atoms with Gasteiger partial charge < -0.3 is 9.47 Å². The van der Waals surface area contributed by atoms with Crippen LogP contribution in [0.4, 0.5) is 13.2 Å². The van der Waals surface area contributed by atoms with Crippen molar-refractivity contribution >= 4 is 5.97 Å². The Morgan fingerprint density at radius 1 is 1.47 bits per heavy atom. The third-order valence-electron chi connectivity index (χ3n) is 2.13. The van der Waals surface area contributed by atoms with Crippen molar-refractivity contribution in [3.63, 3.8) is 0 Å². The molecule has 0 heterocycles. The molecule has 0 N–H and O–H groups in total. The number of ether oxygens (including phenoxy) is 2. The molecule has 0 aliphatic carbocycles. The zero-order valence-corrected chi connectivity index (χ0v) is 9.95. The van der Waals surface area contributed by atoms with Gasteiger partial charge >= 0.3 is 12.6 Å². The number of benzene rings is 1. The maximum absolute atomic E-state index is 13.4. The molecule has 0 aliphatic heterocycles. The van der Waals surface area contributed by atoms with E-state index in [0.29, 0.717) is 0 Å². The Kier molecular flexibility index (Phi) is 5.18. The van der Waals surface area contributed by atoms with E-state index >= 15 is 0 Å². The van der Waals surface area contributed by atoms with Gasteiger partial charge in [0, 0.05) is 11.6 Å². The van der Waals surface area contributed by atoms with Crippen LogP contribution in [0.3, 0.4) is 0 Å². The van der Waals surface area contributed by atoms with Gasteiger partial charge in [-0.25, -0.2) is 4.39 Å². The second-order valence-corrected chi connectivity index (χ2v) is 3.41. The van der Waals surface area contributed by atoms with Crippen LogP contribution in [0.15, 0.2) is 12.1 Å². The lowest BCUT2D eigenvalue weighted by Gasteiger charge is -2.11. The predicted molar refractivity (Wildman–Crippen MR) is 58.1 cm³/mol. The molecule has 1 aromatic carbocycles. The molecule has 0 aliphatic rings. The van der Waals surface area contributed by atoms with Gasteiger partial charge in [0.15, 0.2) is 0 Å². The van der Waals surface area contributed by atoms with E-state index in [2.05, 4.69) is 9.47 Å². The van der Waals surface area contributed by atoms with Crippen LogP contribution in [-0.2, 0) is 16.0 Å². The molecule has 1 aromatic rings. The Balaban J connectivity index is 3.10. The fraction of sp³-hybridized carbons (Fsp3) is 0.333. The number of carbonyl (C=O) groups excluding carboxylic acids is 1. The lowest BCUT2D eigenvalue weighted by Crippen LogP contribution is -2.11. The van der Waals surface area contributed by atoms with Gasteiger partial charge in [-0.15, -0.1) is 0 Å². The van der Waals surface area contributed by atoms with Crippen LogP contribution >= 0.6 is 0 Å². The van der Waals surface area contributed by atoms with Crippen molar-refractivity contribution in [2.75, 3.05) is 6.61 Å². The van der Waals surface area contributed by atoms with Crippen molar-refractivity contribution in [2.45, 2.75) is 20.0 Å². The summed E-state index contributed by atoms with van der Waals surface area (Å²) in [6.07, 6.45) is -0.418. The number of alkyl halides is 2. The molecule has 0 aromatic heterocycles. The second-order valence-electron chi connectivity index (χ2n) is 3.41. The average Bonchev–Trinajstić information content (AvgIpc) is 2.32. The molecule has 1 rings (SSSR count). The molecule has 0 amide bonds. The van der Waals surface area contributed by atoms with E-state index in [1.807, 2.05) is 0 Å². The second kappa shape index (κ2) is 6.64. The summed E-state index contributed by atoms with van der Waals surface area (Å²) < 4.78 is 46.6. The van der Waals surface area contributed by atoms with Crippen molar-refractivity contribution in [1.82, 2.24) is 0 Å². The summed E-state index contributed by atoms with van der Waals surface area (Å²) >= 11 is 0. The number of esters is 1. The van der Waals surface area contributed by atoms with Gasteiger partial charge in [-0.1, -0.05) is 0 Å². The number of rotatable bonds is 5. The van der Waals surface area contributed by atoms with Gasteiger partial charge in [-0.05, 0) is 13.0 Å². The minimum absolute atomic E-state index is 0.102. The molecule has 19 heavy (non-hydrogen) atoms. The van der Waals surface area contributed by atoms with Crippen LogP contribution in [0, 0.1) is 17.1 Å². The van der Waals surface area contributed by atoms with Crippen molar-refractivity contribution in [2.24, 2.45) is 0 Å². The first-order chi connectivity index (χ1) is 8.97. The van der Waals surface area contributed by atoms with Gasteiger partial charge in [0.1, 0.15) is 17.6 Å². The van der Waals surface area contributed by atoms with Gasteiger partial charge in [0.2, 0.25) is 0 Å². The maximum Gasteiger partial charge on any atom is 0.387 e. The summed E-state index contributed by atoms with van der Waals surface area (Å²) in [4.78, 5) is 11.3. The normalized spacial score (nSPS) is 10.1. The standard InChI is InChI=1S/C12H10F3NO3/c1-2-18-11(17)5-7-3-9(13)8(6-16)4-10(7)19-12(14)15/h3-4,12H,2,5H2,1H3. The molecule has 0 bridgehead atoms. The molecule has 0 spiro atoms. The monoisotopic (exact) mass is 273 g/mol. The summed E-state index contributed by atoms with van der Waals surface area (Å²) in [5, 5.41) is 8.61. The first kappa shape index (κ1) is 14.8. The quantitative estimate of drug-likeness (QED) is 0.773. The molecule has 0 saturated carbocycles. The lowest BCUT2D eigenvalue weighted by atomic mass is 10.1. The van der Waals surface area contributed by atoms with Crippen LogP contribution in [0.1, 0.15) is 18.1 Å². The summed E-state index contributed by atoms with van der Waals surface area (Å²) in [5.74, 6) is -2.03. The van der Waals surface area contributed by atoms with Crippen molar-refractivity contribution in [3.8, 4) is 11.8 Å². The van der Waals surface area contributed by atoms with Crippen LogP contribution < -0.4 is 4.74 Å². The largest absolute Gasteiger partial charge is 0.466 e. The van der Waals surface area contributed by atoms with E-state index in [-0.39, 0.29) is 12.2 Å². The highest BCUT2D eigenvalue weighted by atomic mass is 19.3. The van der Waals surface area contributed by atoms with E-state index < -0.39 is 36.1 Å². The number of nitrogens with zero attached hydrogens (tertiary/aromatic N) is 1. The molecule has 0 fully saturated rings. The number of nitriles is 1. The first-order valence-corrected chi connectivity index (χ1v) is 5.30. The summed E-state index contributed by atoms with van der Waals surface area (Å²) in [7, 11) is 0. The van der Waals surface area contributed by atoms with Gasteiger partial charge in [-0.2, -0.15) is 14.0 Å². The number of hydrogen-bond donors (Lipinski definition) is 0. The van der Waals surface area contributed by atoms with Crippen LogP contribution in [0.25, 0.3) is 0 Å². The molecular formula is C12H10F3NO3. The number of hydrogen-bond acceptors (Lipinski definition) is 4. The fourth-order valence-corrected chi connectivity index (χ4v) is 1.39.